The van der Waals surface area contributed by atoms with Crippen molar-refractivity contribution in [2.45, 2.75) is 12.5 Å². The van der Waals surface area contributed by atoms with Crippen molar-refractivity contribution in [2.75, 3.05) is 6.61 Å². The van der Waals surface area contributed by atoms with Gasteiger partial charge >= 0.3 is 0 Å². The van der Waals surface area contributed by atoms with E-state index in [1.807, 2.05) is 48.5 Å². The molecule has 0 saturated carbocycles. The van der Waals surface area contributed by atoms with Gasteiger partial charge in [0.25, 0.3) is 5.91 Å². The first-order valence-electron chi connectivity index (χ1n) is 6.30. The van der Waals surface area contributed by atoms with Crippen molar-refractivity contribution in [2.24, 2.45) is 0 Å². The van der Waals surface area contributed by atoms with E-state index in [2.05, 4.69) is 5.32 Å². The van der Waals surface area contributed by atoms with Crippen LogP contribution in [0.25, 0.3) is 0 Å². The average molecular weight is 255 g/mol. The lowest BCUT2D eigenvalue weighted by atomic mass is 10.1. The lowest BCUT2D eigenvalue weighted by Crippen LogP contribution is -2.39. The van der Waals surface area contributed by atoms with Gasteiger partial charge in [0.1, 0.15) is 0 Å². The van der Waals surface area contributed by atoms with Gasteiger partial charge in [0.15, 0.2) is 0 Å². The fourth-order valence-electron chi connectivity index (χ4n) is 1.92. The highest BCUT2D eigenvalue weighted by molar-refractivity contribution is 5.94. The van der Waals surface area contributed by atoms with Gasteiger partial charge in [-0.15, -0.1) is 0 Å². The average Bonchev–Trinajstić information content (AvgIpc) is 2.48. The monoisotopic (exact) mass is 255 g/mol. The van der Waals surface area contributed by atoms with E-state index in [0.717, 1.165) is 5.56 Å². The lowest BCUT2D eigenvalue weighted by molar-refractivity contribution is 0.0916. The van der Waals surface area contributed by atoms with Crippen LogP contribution in [0.1, 0.15) is 15.9 Å². The zero-order chi connectivity index (χ0) is 13.5. The molecule has 0 aliphatic heterocycles. The van der Waals surface area contributed by atoms with Crippen LogP contribution in [0.5, 0.6) is 0 Å². The van der Waals surface area contributed by atoms with Gasteiger partial charge in [-0.25, -0.2) is 0 Å². The molecule has 19 heavy (non-hydrogen) atoms. The molecule has 98 valence electrons. The predicted molar refractivity (Wildman–Crippen MR) is 74.9 cm³/mol. The molecule has 1 amide bonds. The van der Waals surface area contributed by atoms with Crippen LogP contribution in [0.2, 0.25) is 0 Å². The molecule has 2 N–H and O–H groups in total. The van der Waals surface area contributed by atoms with Gasteiger partial charge in [-0.1, -0.05) is 48.5 Å². The van der Waals surface area contributed by atoms with E-state index in [9.17, 15) is 9.90 Å². The van der Waals surface area contributed by atoms with Gasteiger partial charge in [-0.2, -0.15) is 0 Å². The highest BCUT2D eigenvalue weighted by Gasteiger charge is 2.13. The number of carbonyl (C=O) groups excluding carboxylic acids is 1. The van der Waals surface area contributed by atoms with Gasteiger partial charge in [0, 0.05) is 5.56 Å². The molecule has 0 spiro atoms. The Morgan fingerprint density at radius 2 is 1.58 bits per heavy atom. The molecular formula is C16H17NO2. The number of rotatable bonds is 5. The normalized spacial score (nSPS) is 11.8. The number of amides is 1. The summed E-state index contributed by atoms with van der Waals surface area (Å²) in [6, 6.07) is 18.6. The standard InChI is InChI=1S/C16H17NO2/c18-12-15(11-13-7-3-1-4-8-13)17-16(19)14-9-5-2-6-10-14/h1-10,15,18H,11-12H2,(H,17,19)/t15-/m1/s1. The quantitative estimate of drug-likeness (QED) is 0.858. The third-order valence-electron chi connectivity index (χ3n) is 2.92. The van der Waals surface area contributed by atoms with Crippen molar-refractivity contribution in [3.05, 3.63) is 71.8 Å². The molecular weight excluding hydrogens is 238 g/mol. The molecule has 2 rings (SSSR count). The number of aliphatic hydroxyl groups excluding tert-OH is 1. The number of hydrogen-bond donors (Lipinski definition) is 2. The summed E-state index contributed by atoms with van der Waals surface area (Å²) < 4.78 is 0. The zero-order valence-electron chi connectivity index (χ0n) is 10.6. The van der Waals surface area contributed by atoms with E-state index < -0.39 is 0 Å². The number of nitrogens with one attached hydrogen (secondary N) is 1. The van der Waals surface area contributed by atoms with Crippen molar-refractivity contribution >= 4 is 5.91 Å². The van der Waals surface area contributed by atoms with Crippen molar-refractivity contribution in [1.29, 1.82) is 0 Å². The Balaban J connectivity index is 1.98. The summed E-state index contributed by atoms with van der Waals surface area (Å²) >= 11 is 0. The first-order valence-corrected chi connectivity index (χ1v) is 6.30. The van der Waals surface area contributed by atoms with Crippen LogP contribution in [-0.4, -0.2) is 23.7 Å². The smallest absolute Gasteiger partial charge is 0.251 e. The van der Waals surface area contributed by atoms with Gasteiger partial charge in [-0.05, 0) is 24.1 Å². The molecule has 0 saturated heterocycles. The Kier molecular flexibility index (Phi) is 4.70. The second-order valence-corrected chi connectivity index (χ2v) is 4.41. The molecule has 0 aliphatic rings. The summed E-state index contributed by atoms with van der Waals surface area (Å²) in [5, 5.41) is 12.2. The number of hydrogen-bond acceptors (Lipinski definition) is 2. The third kappa shape index (κ3) is 3.93. The molecule has 3 nitrogen and oxygen atoms in total. The summed E-state index contributed by atoms with van der Waals surface area (Å²) in [5.41, 5.74) is 1.70. The molecule has 3 heteroatoms. The van der Waals surface area contributed by atoms with Crippen molar-refractivity contribution in [3.63, 3.8) is 0 Å². The molecule has 0 heterocycles. The van der Waals surface area contributed by atoms with Gasteiger partial charge in [0.05, 0.1) is 12.6 Å². The van der Waals surface area contributed by atoms with E-state index in [1.165, 1.54) is 0 Å². The summed E-state index contributed by atoms with van der Waals surface area (Å²) in [6.45, 7) is -0.0759. The Labute approximate surface area is 112 Å². The Morgan fingerprint density at radius 3 is 2.16 bits per heavy atom. The van der Waals surface area contributed by atoms with Crippen molar-refractivity contribution in [3.8, 4) is 0 Å². The molecule has 0 bridgehead atoms. The van der Waals surface area contributed by atoms with Gasteiger partial charge in [0.2, 0.25) is 0 Å². The van der Waals surface area contributed by atoms with Crippen LogP contribution < -0.4 is 5.32 Å². The third-order valence-corrected chi connectivity index (χ3v) is 2.92. The second-order valence-electron chi connectivity index (χ2n) is 4.41. The molecule has 0 unspecified atom stereocenters. The maximum atomic E-state index is 12.0. The van der Waals surface area contributed by atoms with Gasteiger partial charge < -0.3 is 10.4 Å². The number of aliphatic hydroxyl groups is 1. The zero-order valence-corrected chi connectivity index (χ0v) is 10.6. The van der Waals surface area contributed by atoms with E-state index in [-0.39, 0.29) is 18.6 Å². The van der Waals surface area contributed by atoms with E-state index >= 15 is 0 Å². The summed E-state index contributed by atoms with van der Waals surface area (Å²) in [6.07, 6.45) is 0.621. The lowest BCUT2D eigenvalue weighted by Gasteiger charge is -2.16. The molecule has 0 aliphatic carbocycles. The number of benzene rings is 2. The van der Waals surface area contributed by atoms with Crippen LogP contribution in [-0.2, 0) is 6.42 Å². The fourth-order valence-corrected chi connectivity index (χ4v) is 1.92. The molecule has 2 aromatic rings. The van der Waals surface area contributed by atoms with E-state index in [0.29, 0.717) is 12.0 Å². The van der Waals surface area contributed by atoms with Crippen molar-refractivity contribution < 1.29 is 9.90 Å². The van der Waals surface area contributed by atoms with Crippen molar-refractivity contribution in [1.82, 2.24) is 5.32 Å². The SMILES string of the molecule is O=C(N[C@@H](CO)Cc1ccccc1)c1ccccc1. The molecule has 2 aromatic carbocycles. The van der Waals surface area contributed by atoms with E-state index in [4.69, 9.17) is 0 Å². The molecule has 0 fully saturated rings. The maximum Gasteiger partial charge on any atom is 0.251 e. The topological polar surface area (TPSA) is 49.3 Å². The minimum Gasteiger partial charge on any atom is -0.394 e. The molecule has 0 radical (unpaired) electrons. The van der Waals surface area contributed by atoms with Crippen LogP contribution >= 0.6 is 0 Å². The maximum absolute atomic E-state index is 12.0. The first-order chi connectivity index (χ1) is 9.29. The Hall–Kier alpha value is -2.13. The molecule has 1 atom stereocenters. The summed E-state index contributed by atoms with van der Waals surface area (Å²) in [5.74, 6) is -0.157. The van der Waals surface area contributed by atoms with Gasteiger partial charge in [-0.3, -0.25) is 4.79 Å². The molecule has 0 aromatic heterocycles. The Morgan fingerprint density at radius 1 is 1.00 bits per heavy atom. The minimum absolute atomic E-state index is 0.0759. The van der Waals surface area contributed by atoms with Crippen LogP contribution in [0.4, 0.5) is 0 Å². The van der Waals surface area contributed by atoms with E-state index in [1.54, 1.807) is 12.1 Å². The first kappa shape index (κ1) is 13.3. The van der Waals surface area contributed by atoms with Crippen LogP contribution in [0.15, 0.2) is 60.7 Å². The highest BCUT2D eigenvalue weighted by atomic mass is 16.3. The summed E-state index contributed by atoms with van der Waals surface area (Å²) in [7, 11) is 0. The summed E-state index contributed by atoms with van der Waals surface area (Å²) in [4.78, 5) is 12.0. The van der Waals surface area contributed by atoms with Crippen LogP contribution in [0, 0.1) is 0 Å². The minimum atomic E-state index is -0.268. The second kappa shape index (κ2) is 6.71. The Bertz CT molecular complexity index is 511. The number of carbonyl (C=O) groups is 1. The predicted octanol–water partition coefficient (Wildman–Crippen LogP) is 2.02. The fraction of sp³-hybridized carbons (Fsp3) is 0.188. The highest BCUT2D eigenvalue weighted by Crippen LogP contribution is 2.04. The van der Waals surface area contributed by atoms with Crippen LogP contribution in [0.3, 0.4) is 0 Å². The largest absolute Gasteiger partial charge is 0.394 e.